The largest absolute Gasteiger partial charge is 0.388 e. The molecule has 2 N–H and O–H groups in total. The van der Waals surface area contributed by atoms with Gasteiger partial charge in [0.25, 0.3) is 0 Å². The van der Waals surface area contributed by atoms with Gasteiger partial charge in [0, 0.05) is 36.2 Å². The first-order chi connectivity index (χ1) is 12.3. The Hall–Kier alpha value is -1.63. The van der Waals surface area contributed by atoms with E-state index in [0.29, 0.717) is 24.0 Å². The zero-order valence-electron chi connectivity index (χ0n) is 15.5. The van der Waals surface area contributed by atoms with E-state index in [-0.39, 0.29) is 17.9 Å². The number of aliphatic hydroxyl groups is 1. The fourth-order valence-electron chi connectivity index (χ4n) is 3.97. The van der Waals surface area contributed by atoms with Crippen LogP contribution in [0.15, 0.2) is 18.3 Å². The summed E-state index contributed by atoms with van der Waals surface area (Å²) in [6.07, 6.45) is 2.73. The Morgan fingerprint density at radius 3 is 2.81 bits per heavy atom. The number of methoxy groups -OCH3 is 1. The van der Waals surface area contributed by atoms with Crippen LogP contribution in [0.2, 0.25) is 5.02 Å². The molecular weight excluding hydrogens is 354 g/mol. The van der Waals surface area contributed by atoms with E-state index < -0.39 is 6.10 Å². The number of hydrogen-bond acceptors (Lipinski definition) is 4. The fourth-order valence-corrected chi connectivity index (χ4v) is 4.21. The van der Waals surface area contributed by atoms with E-state index in [1.807, 2.05) is 17.0 Å². The van der Waals surface area contributed by atoms with E-state index in [2.05, 4.69) is 24.0 Å². The molecule has 2 heterocycles. The van der Waals surface area contributed by atoms with Crippen molar-refractivity contribution in [2.24, 2.45) is 11.3 Å². The second kappa shape index (κ2) is 7.55. The second-order valence-electron chi connectivity index (χ2n) is 7.64. The molecule has 26 heavy (non-hydrogen) atoms. The molecule has 1 fully saturated rings. The molecule has 142 valence electrons. The maximum Gasteiger partial charge on any atom is 0.248 e. The van der Waals surface area contributed by atoms with Crippen LogP contribution in [0.5, 0.6) is 0 Å². The highest BCUT2D eigenvalue weighted by molar-refractivity contribution is 6.31. The minimum atomic E-state index is -0.685. The molecule has 1 saturated heterocycles. The number of halogens is 1. The molecule has 2 aromatic rings. The number of benzene rings is 1. The molecule has 0 aliphatic carbocycles. The summed E-state index contributed by atoms with van der Waals surface area (Å²) < 4.78 is 4.94. The third-order valence-corrected chi connectivity index (χ3v) is 5.93. The second-order valence-corrected chi connectivity index (χ2v) is 8.08. The summed E-state index contributed by atoms with van der Waals surface area (Å²) in [5, 5.41) is 19.7. The van der Waals surface area contributed by atoms with Crippen molar-refractivity contribution >= 4 is 28.4 Å². The zero-order chi connectivity index (χ0) is 18.9. The van der Waals surface area contributed by atoms with E-state index >= 15 is 0 Å². The molecule has 1 aromatic carbocycles. The number of likely N-dealkylation sites (tertiary alicyclic amines) is 1. The van der Waals surface area contributed by atoms with Crippen LogP contribution in [0.1, 0.15) is 38.4 Å². The van der Waals surface area contributed by atoms with Gasteiger partial charge in [-0.3, -0.25) is 9.89 Å². The molecule has 0 radical (unpaired) electrons. The minimum Gasteiger partial charge on any atom is -0.388 e. The summed E-state index contributed by atoms with van der Waals surface area (Å²) in [4.78, 5) is 13.8. The molecule has 1 atom stereocenters. The lowest BCUT2D eigenvalue weighted by atomic mass is 9.68. The van der Waals surface area contributed by atoms with E-state index in [1.165, 1.54) is 7.11 Å². The van der Waals surface area contributed by atoms with Gasteiger partial charge in [-0.2, -0.15) is 5.10 Å². The number of aliphatic hydroxyl groups excluding tert-OH is 1. The Morgan fingerprint density at radius 1 is 1.46 bits per heavy atom. The predicted molar refractivity (Wildman–Crippen MR) is 101 cm³/mol. The Labute approximate surface area is 158 Å². The van der Waals surface area contributed by atoms with E-state index in [9.17, 15) is 9.90 Å². The van der Waals surface area contributed by atoms with E-state index in [4.69, 9.17) is 16.3 Å². The summed E-state index contributed by atoms with van der Waals surface area (Å²) in [6, 6.07) is 3.65. The van der Waals surface area contributed by atoms with Gasteiger partial charge in [-0.15, -0.1) is 0 Å². The molecule has 1 aliphatic heterocycles. The highest BCUT2D eigenvalue weighted by atomic mass is 35.5. The van der Waals surface area contributed by atoms with E-state index in [1.54, 1.807) is 6.20 Å². The van der Waals surface area contributed by atoms with Crippen LogP contribution < -0.4 is 0 Å². The van der Waals surface area contributed by atoms with E-state index in [0.717, 1.165) is 29.3 Å². The molecule has 7 heteroatoms. The third kappa shape index (κ3) is 3.59. The van der Waals surface area contributed by atoms with Crippen LogP contribution in [0.25, 0.3) is 10.9 Å². The van der Waals surface area contributed by atoms with Crippen LogP contribution in [-0.2, 0) is 9.53 Å². The molecule has 6 nitrogen and oxygen atoms in total. The number of piperidine rings is 1. The Morgan fingerprint density at radius 2 is 2.15 bits per heavy atom. The van der Waals surface area contributed by atoms with Crippen molar-refractivity contribution in [3.8, 4) is 0 Å². The van der Waals surface area contributed by atoms with Crippen LogP contribution in [0.3, 0.4) is 0 Å². The van der Waals surface area contributed by atoms with Gasteiger partial charge in [-0.25, -0.2) is 0 Å². The van der Waals surface area contributed by atoms with Gasteiger partial charge in [0.05, 0.1) is 17.8 Å². The number of ether oxygens (including phenoxy) is 1. The standard InChI is InChI=1S/C19H26ClN3O3/c1-19(2,13-4-6-23(7-5-13)16(24)11-26-3)18(25)15-9-14(20)8-12-10-21-22-17(12)15/h8-10,13,18,25H,4-7,11H2,1-3H3,(H,21,22)/t18-/m0/s1. The van der Waals surface area contributed by atoms with Crippen LogP contribution in [0.4, 0.5) is 0 Å². The fraction of sp³-hybridized carbons (Fsp3) is 0.579. The van der Waals surface area contributed by atoms with Crippen LogP contribution >= 0.6 is 11.6 Å². The van der Waals surface area contributed by atoms with Crippen molar-refractivity contribution in [1.82, 2.24) is 15.1 Å². The quantitative estimate of drug-likeness (QED) is 0.836. The van der Waals surface area contributed by atoms with Gasteiger partial charge in [0.1, 0.15) is 6.61 Å². The first-order valence-corrected chi connectivity index (χ1v) is 9.29. The average molecular weight is 380 g/mol. The zero-order valence-corrected chi connectivity index (χ0v) is 16.2. The summed E-state index contributed by atoms with van der Waals surface area (Å²) in [5.41, 5.74) is 1.23. The lowest BCUT2D eigenvalue weighted by molar-refractivity contribution is -0.137. The van der Waals surface area contributed by atoms with Crippen LogP contribution in [-0.4, -0.2) is 52.9 Å². The van der Waals surface area contributed by atoms with Gasteiger partial charge in [-0.05, 0) is 36.3 Å². The lowest BCUT2D eigenvalue weighted by Gasteiger charge is -2.43. The Balaban J connectivity index is 1.77. The number of rotatable bonds is 5. The highest BCUT2D eigenvalue weighted by Gasteiger charge is 2.40. The van der Waals surface area contributed by atoms with Crippen molar-refractivity contribution in [3.63, 3.8) is 0 Å². The number of H-pyrrole nitrogens is 1. The molecule has 1 amide bonds. The average Bonchev–Trinajstić information content (AvgIpc) is 3.09. The Bertz CT molecular complexity index is 781. The van der Waals surface area contributed by atoms with Crippen molar-refractivity contribution < 1.29 is 14.6 Å². The van der Waals surface area contributed by atoms with Gasteiger partial charge < -0.3 is 14.7 Å². The number of amides is 1. The first-order valence-electron chi connectivity index (χ1n) is 8.92. The van der Waals surface area contributed by atoms with Gasteiger partial charge in [0.15, 0.2) is 0 Å². The normalized spacial score (nSPS) is 17.7. The number of hydrogen-bond donors (Lipinski definition) is 2. The molecule has 0 spiro atoms. The van der Waals surface area contributed by atoms with Crippen molar-refractivity contribution in [1.29, 1.82) is 0 Å². The van der Waals surface area contributed by atoms with Crippen molar-refractivity contribution in [2.75, 3.05) is 26.8 Å². The molecule has 0 bridgehead atoms. The summed E-state index contributed by atoms with van der Waals surface area (Å²) >= 11 is 6.24. The topological polar surface area (TPSA) is 78.4 Å². The molecule has 3 rings (SSSR count). The minimum absolute atomic E-state index is 0.0262. The SMILES string of the molecule is COCC(=O)N1CCC(C(C)(C)[C@@H](O)c2cc(Cl)cc3cn[nH]c23)CC1. The lowest BCUT2D eigenvalue weighted by Crippen LogP contribution is -2.44. The van der Waals surface area contributed by atoms with Crippen molar-refractivity contribution in [3.05, 3.63) is 28.9 Å². The first kappa shape index (κ1) is 19.1. The number of aromatic amines is 1. The molecule has 0 saturated carbocycles. The number of carbonyl (C=O) groups excluding carboxylic acids is 1. The maximum atomic E-state index is 12.0. The maximum absolute atomic E-state index is 12.0. The number of fused-ring (bicyclic) bond motifs is 1. The number of carbonyl (C=O) groups is 1. The van der Waals surface area contributed by atoms with Gasteiger partial charge >= 0.3 is 0 Å². The third-order valence-electron chi connectivity index (χ3n) is 5.71. The number of aromatic nitrogens is 2. The highest BCUT2D eigenvalue weighted by Crippen LogP contribution is 2.46. The monoisotopic (exact) mass is 379 g/mol. The summed E-state index contributed by atoms with van der Waals surface area (Å²) in [6.45, 7) is 5.67. The van der Waals surface area contributed by atoms with Gasteiger partial charge in [-0.1, -0.05) is 25.4 Å². The molecule has 1 aromatic heterocycles. The smallest absolute Gasteiger partial charge is 0.248 e. The molecular formula is C19H26ClN3O3. The van der Waals surface area contributed by atoms with Crippen molar-refractivity contribution in [2.45, 2.75) is 32.8 Å². The van der Waals surface area contributed by atoms with Gasteiger partial charge in [0.2, 0.25) is 5.91 Å². The van der Waals surface area contributed by atoms with Crippen LogP contribution in [0, 0.1) is 11.3 Å². The summed E-state index contributed by atoms with van der Waals surface area (Å²) in [7, 11) is 1.53. The molecule has 1 aliphatic rings. The summed E-state index contributed by atoms with van der Waals surface area (Å²) in [5.74, 6) is 0.319. The predicted octanol–water partition coefficient (Wildman–Crippen LogP) is 3.16. The number of nitrogens with one attached hydrogen (secondary N) is 1. The molecule has 0 unspecified atom stereocenters. The number of nitrogens with zero attached hydrogens (tertiary/aromatic N) is 2. The Kier molecular flexibility index (Phi) is 5.55.